The number of nitrogens with one attached hydrogen (secondary N) is 1. The lowest BCUT2D eigenvalue weighted by molar-refractivity contribution is -0.117. The summed E-state index contributed by atoms with van der Waals surface area (Å²) >= 11 is 0. The Morgan fingerprint density at radius 1 is 1.91 bits per heavy atom. The molecular formula is C6H8N4O. The molecule has 0 atom stereocenters. The summed E-state index contributed by atoms with van der Waals surface area (Å²) in [6.07, 6.45) is 1.62. The van der Waals surface area contributed by atoms with Gasteiger partial charge in [-0.2, -0.15) is 5.10 Å². The minimum Gasteiger partial charge on any atom is -0.298 e. The van der Waals surface area contributed by atoms with Crippen LogP contribution in [-0.4, -0.2) is 15.6 Å². The van der Waals surface area contributed by atoms with E-state index in [9.17, 15) is 4.79 Å². The quantitative estimate of drug-likeness (QED) is 0.659. The van der Waals surface area contributed by atoms with Gasteiger partial charge in [0.05, 0.1) is 6.54 Å². The fourth-order valence-corrected chi connectivity index (χ4v) is 0.727. The number of Topliss-reactive ketones (excluding diaryl/α,β-unsaturated/α-hetero) is 1. The Bertz CT molecular complexity index is 278. The number of ketones is 1. The van der Waals surface area contributed by atoms with Gasteiger partial charge in [0.15, 0.2) is 11.6 Å². The average molecular weight is 152 g/mol. The van der Waals surface area contributed by atoms with Gasteiger partial charge in [-0.25, -0.2) is 5.53 Å². The standard InChI is InChI=1S/C6H8N4O/c1-5(11)4-10-3-2-6(8-7)9-10/h2-3,7H,4H2,1H3. The average Bonchev–Trinajstić information content (AvgIpc) is 2.34. The van der Waals surface area contributed by atoms with Crippen molar-refractivity contribution in [2.24, 2.45) is 5.11 Å². The Labute approximate surface area is 63.5 Å². The maximum atomic E-state index is 10.6. The number of hydrogen-bond acceptors (Lipinski definition) is 4. The van der Waals surface area contributed by atoms with E-state index in [1.54, 1.807) is 12.3 Å². The zero-order chi connectivity index (χ0) is 8.27. The SMILES string of the molecule is CC(=O)Cn1ccc(N=N)n1. The van der Waals surface area contributed by atoms with Gasteiger partial charge >= 0.3 is 0 Å². The number of aromatic nitrogens is 2. The van der Waals surface area contributed by atoms with Crippen LogP contribution in [0.25, 0.3) is 0 Å². The molecule has 0 aromatic carbocycles. The van der Waals surface area contributed by atoms with Crippen molar-refractivity contribution >= 4 is 11.6 Å². The van der Waals surface area contributed by atoms with Gasteiger partial charge in [-0.3, -0.25) is 9.48 Å². The third-order valence-corrected chi connectivity index (χ3v) is 1.13. The van der Waals surface area contributed by atoms with E-state index >= 15 is 0 Å². The van der Waals surface area contributed by atoms with E-state index in [1.165, 1.54) is 11.6 Å². The summed E-state index contributed by atoms with van der Waals surface area (Å²) in [6.45, 7) is 1.73. The summed E-state index contributed by atoms with van der Waals surface area (Å²) in [4.78, 5) is 10.6. The van der Waals surface area contributed by atoms with E-state index < -0.39 is 0 Å². The summed E-state index contributed by atoms with van der Waals surface area (Å²) in [5, 5.41) is 6.92. The molecule has 11 heavy (non-hydrogen) atoms. The minimum absolute atomic E-state index is 0.0321. The summed E-state index contributed by atoms with van der Waals surface area (Å²) in [5.41, 5.74) is 6.60. The Hall–Kier alpha value is -1.52. The molecule has 1 rings (SSSR count). The Balaban J connectivity index is 2.72. The zero-order valence-electron chi connectivity index (χ0n) is 6.11. The number of rotatable bonds is 3. The second-order valence-corrected chi connectivity index (χ2v) is 2.19. The number of hydrogen-bond donors (Lipinski definition) is 1. The smallest absolute Gasteiger partial charge is 0.195 e. The first-order chi connectivity index (χ1) is 5.22. The van der Waals surface area contributed by atoms with Crippen LogP contribution in [0, 0.1) is 5.53 Å². The first-order valence-electron chi connectivity index (χ1n) is 3.12. The highest BCUT2D eigenvalue weighted by molar-refractivity contribution is 5.75. The molecule has 5 nitrogen and oxygen atoms in total. The van der Waals surface area contributed by atoms with Gasteiger partial charge in [0.1, 0.15) is 0 Å². The van der Waals surface area contributed by atoms with E-state index in [2.05, 4.69) is 10.2 Å². The van der Waals surface area contributed by atoms with Gasteiger partial charge in [0.25, 0.3) is 0 Å². The Morgan fingerprint density at radius 2 is 2.64 bits per heavy atom. The lowest BCUT2D eigenvalue weighted by Crippen LogP contribution is -2.05. The maximum absolute atomic E-state index is 10.6. The number of carbonyl (C=O) groups is 1. The van der Waals surface area contributed by atoms with Crippen molar-refractivity contribution in [1.82, 2.24) is 9.78 Å². The minimum atomic E-state index is 0.0321. The van der Waals surface area contributed by atoms with Gasteiger partial charge in [-0.15, -0.1) is 5.11 Å². The zero-order valence-corrected chi connectivity index (χ0v) is 6.11. The van der Waals surface area contributed by atoms with E-state index in [0.717, 1.165) is 0 Å². The Kier molecular flexibility index (Phi) is 2.10. The van der Waals surface area contributed by atoms with Crippen LogP contribution in [0.5, 0.6) is 0 Å². The third-order valence-electron chi connectivity index (χ3n) is 1.13. The molecule has 1 aromatic heterocycles. The van der Waals surface area contributed by atoms with Crippen molar-refractivity contribution in [3.05, 3.63) is 12.3 Å². The van der Waals surface area contributed by atoms with Crippen molar-refractivity contribution in [3.8, 4) is 0 Å². The lowest BCUT2D eigenvalue weighted by atomic mass is 10.4. The third kappa shape index (κ3) is 1.96. The highest BCUT2D eigenvalue weighted by Gasteiger charge is 1.98. The molecule has 1 aromatic rings. The van der Waals surface area contributed by atoms with E-state index in [0.29, 0.717) is 5.82 Å². The molecule has 58 valence electrons. The van der Waals surface area contributed by atoms with Crippen molar-refractivity contribution in [1.29, 1.82) is 5.53 Å². The monoisotopic (exact) mass is 152 g/mol. The second-order valence-electron chi connectivity index (χ2n) is 2.19. The summed E-state index contributed by atoms with van der Waals surface area (Å²) < 4.78 is 1.45. The van der Waals surface area contributed by atoms with Crippen molar-refractivity contribution < 1.29 is 4.79 Å². The van der Waals surface area contributed by atoms with Crippen molar-refractivity contribution in [3.63, 3.8) is 0 Å². The first kappa shape index (κ1) is 7.59. The molecule has 0 bridgehead atoms. The van der Waals surface area contributed by atoms with Crippen LogP contribution < -0.4 is 0 Å². The highest BCUT2D eigenvalue weighted by atomic mass is 16.1. The van der Waals surface area contributed by atoms with Crippen LogP contribution in [0.1, 0.15) is 6.92 Å². The Morgan fingerprint density at radius 3 is 3.09 bits per heavy atom. The largest absolute Gasteiger partial charge is 0.298 e. The van der Waals surface area contributed by atoms with Crippen molar-refractivity contribution in [2.45, 2.75) is 13.5 Å². The summed E-state index contributed by atoms with van der Waals surface area (Å²) in [6, 6.07) is 1.58. The summed E-state index contributed by atoms with van der Waals surface area (Å²) in [7, 11) is 0. The molecule has 1 N–H and O–H groups in total. The highest BCUT2D eigenvalue weighted by Crippen LogP contribution is 2.04. The molecule has 0 saturated heterocycles. The van der Waals surface area contributed by atoms with Crippen LogP contribution in [0.15, 0.2) is 17.4 Å². The van der Waals surface area contributed by atoms with E-state index in [4.69, 9.17) is 5.53 Å². The molecule has 5 heteroatoms. The van der Waals surface area contributed by atoms with Gasteiger partial charge in [-0.05, 0) is 6.92 Å². The number of carbonyl (C=O) groups excluding carboxylic acids is 1. The van der Waals surface area contributed by atoms with Crippen LogP contribution in [-0.2, 0) is 11.3 Å². The molecule has 0 unspecified atom stereocenters. The van der Waals surface area contributed by atoms with Gasteiger partial charge in [-0.1, -0.05) is 0 Å². The molecule has 0 spiro atoms. The van der Waals surface area contributed by atoms with Crippen LogP contribution >= 0.6 is 0 Å². The molecule has 0 aliphatic rings. The van der Waals surface area contributed by atoms with Crippen LogP contribution in [0.2, 0.25) is 0 Å². The van der Waals surface area contributed by atoms with Crippen LogP contribution in [0.3, 0.4) is 0 Å². The predicted molar refractivity (Wildman–Crippen MR) is 37.7 cm³/mol. The molecule has 0 saturated carbocycles. The topological polar surface area (TPSA) is 71.1 Å². The fraction of sp³-hybridized carbons (Fsp3) is 0.333. The van der Waals surface area contributed by atoms with E-state index in [1.807, 2.05) is 0 Å². The van der Waals surface area contributed by atoms with Crippen LogP contribution in [0.4, 0.5) is 5.82 Å². The van der Waals surface area contributed by atoms with Gasteiger partial charge in [0.2, 0.25) is 0 Å². The normalized spacial score (nSPS) is 9.55. The molecular weight excluding hydrogens is 144 g/mol. The molecule has 0 aliphatic carbocycles. The maximum Gasteiger partial charge on any atom is 0.195 e. The second kappa shape index (κ2) is 3.05. The van der Waals surface area contributed by atoms with Gasteiger partial charge in [0, 0.05) is 12.3 Å². The van der Waals surface area contributed by atoms with Crippen molar-refractivity contribution in [2.75, 3.05) is 0 Å². The lowest BCUT2D eigenvalue weighted by Gasteiger charge is -1.93. The van der Waals surface area contributed by atoms with Gasteiger partial charge < -0.3 is 0 Å². The molecule has 0 radical (unpaired) electrons. The first-order valence-corrected chi connectivity index (χ1v) is 3.12. The molecule has 0 amide bonds. The summed E-state index contributed by atoms with van der Waals surface area (Å²) in [5.74, 6) is 0.357. The number of nitrogens with zero attached hydrogens (tertiary/aromatic N) is 3. The fourth-order valence-electron chi connectivity index (χ4n) is 0.727. The molecule has 0 aliphatic heterocycles. The van der Waals surface area contributed by atoms with E-state index in [-0.39, 0.29) is 12.3 Å². The predicted octanol–water partition coefficient (Wildman–Crippen LogP) is 1.13. The molecule has 0 fully saturated rings. The molecule has 1 heterocycles.